The molecule has 5 heteroatoms. The fourth-order valence-corrected chi connectivity index (χ4v) is 6.00. The normalized spacial score (nSPS) is 35.5. The number of carbonyl (C=O) groups is 1. The van der Waals surface area contributed by atoms with Crippen LogP contribution in [0, 0.1) is 17.8 Å². The SMILES string of the molecule is C[C@H](NC(=O)NC12CC3CC(CC(C3)C1)C2)c1ccc2c(c1)OCO2. The van der Waals surface area contributed by atoms with Gasteiger partial charge in [0.15, 0.2) is 11.5 Å². The van der Waals surface area contributed by atoms with E-state index in [2.05, 4.69) is 10.6 Å². The summed E-state index contributed by atoms with van der Waals surface area (Å²) in [5, 5.41) is 6.49. The van der Waals surface area contributed by atoms with E-state index in [1.807, 2.05) is 25.1 Å². The molecular weight excluding hydrogens is 316 g/mol. The van der Waals surface area contributed by atoms with Crippen LogP contribution in [-0.4, -0.2) is 18.4 Å². The van der Waals surface area contributed by atoms with Gasteiger partial charge in [-0.25, -0.2) is 4.79 Å². The lowest BCUT2D eigenvalue weighted by molar-refractivity contribution is -0.0136. The molecule has 1 aliphatic heterocycles. The van der Waals surface area contributed by atoms with Gasteiger partial charge in [0.1, 0.15) is 0 Å². The Labute approximate surface area is 148 Å². The number of benzene rings is 1. The van der Waals surface area contributed by atoms with Gasteiger partial charge in [-0.2, -0.15) is 0 Å². The predicted octanol–water partition coefficient (Wildman–Crippen LogP) is 3.74. The number of nitrogens with one attached hydrogen (secondary N) is 2. The minimum atomic E-state index is -0.0663. The zero-order chi connectivity index (χ0) is 17.0. The Morgan fingerprint density at radius 2 is 1.72 bits per heavy atom. The van der Waals surface area contributed by atoms with Gasteiger partial charge in [-0.05, 0) is 80.9 Å². The highest BCUT2D eigenvalue weighted by Gasteiger charge is 2.51. The maximum atomic E-state index is 12.7. The topological polar surface area (TPSA) is 59.6 Å². The van der Waals surface area contributed by atoms with Crippen molar-refractivity contribution in [2.45, 2.75) is 57.0 Å². The summed E-state index contributed by atoms with van der Waals surface area (Å²) in [5.74, 6) is 4.02. The second-order valence-electron chi connectivity index (χ2n) is 8.63. The maximum Gasteiger partial charge on any atom is 0.315 e. The van der Waals surface area contributed by atoms with Crippen LogP contribution in [0.4, 0.5) is 4.79 Å². The number of fused-ring (bicyclic) bond motifs is 1. The van der Waals surface area contributed by atoms with E-state index >= 15 is 0 Å². The average molecular weight is 342 g/mol. The zero-order valence-electron chi connectivity index (χ0n) is 14.7. The lowest BCUT2D eigenvalue weighted by Crippen LogP contribution is -2.61. The standard InChI is InChI=1S/C20H26N2O3/c1-12(16-2-3-17-18(7-16)25-11-24-17)21-19(23)22-20-8-13-4-14(9-20)6-15(5-13)10-20/h2-3,7,12-15H,4-6,8-11H2,1H3,(H2,21,22,23)/t12-,13?,14?,15?,20?/m0/s1. The van der Waals surface area contributed by atoms with Crippen molar-refractivity contribution in [3.63, 3.8) is 0 Å². The second-order valence-corrected chi connectivity index (χ2v) is 8.63. The summed E-state index contributed by atoms with van der Waals surface area (Å²) in [6.45, 7) is 2.28. The van der Waals surface area contributed by atoms with Gasteiger partial charge in [-0.15, -0.1) is 0 Å². The molecule has 0 unspecified atom stereocenters. The Morgan fingerprint density at radius 1 is 1.08 bits per heavy atom. The molecule has 1 aromatic rings. The molecule has 25 heavy (non-hydrogen) atoms. The first kappa shape index (κ1) is 15.4. The van der Waals surface area contributed by atoms with Crippen molar-refractivity contribution in [2.24, 2.45) is 17.8 Å². The van der Waals surface area contributed by atoms with Gasteiger partial charge in [-0.1, -0.05) is 6.07 Å². The van der Waals surface area contributed by atoms with Gasteiger partial charge in [0.05, 0.1) is 6.04 Å². The van der Waals surface area contributed by atoms with E-state index in [0.717, 1.165) is 34.8 Å². The summed E-state index contributed by atoms with van der Waals surface area (Å²) in [6, 6.07) is 5.75. The van der Waals surface area contributed by atoms with Crippen LogP contribution < -0.4 is 20.1 Å². The van der Waals surface area contributed by atoms with Crippen LogP contribution in [0.1, 0.15) is 57.1 Å². The molecule has 5 nitrogen and oxygen atoms in total. The number of carbonyl (C=O) groups excluding carboxylic acids is 1. The molecule has 134 valence electrons. The van der Waals surface area contributed by atoms with E-state index < -0.39 is 0 Å². The molecule has 2 N–H and O–H groups in total. The third kappa shape index (κ3) is 2.74. The van der Waals surface area contributed by atoms with E-state index in [1.54, 1.807) is 0 Å². The van der Waals surface area contributed by atoms with Crippen molar-refractivity contribution in [1.82, 2.24) is 10.6 Å². The molecule has 0 radical (unpaired) electrons. The summed E-state index contributed by atoms with van der Waals surface area (Å²) in [5.41, 5.74) is 1.08. The minimum Gasteiger partial charge on any atom is -0.454 e. The highest BCUT2D eigenvalue weighted by atomic mass is 16.7. The number of amides is 2. The monoisotopic (exact) mass is 342 g/mol. The summed E-state index contributed by atoms with van der Waals surface area (Å²) in [4.78, 5) is 12.7. The van der Waals surface area contributed by atoms with E-state index in [-0.39, 0.29) is 24.4 Å². The second kappa shape index (κ2) is 5.55. The van der Waals surface area contributed by atoms with Gasteiger partial charge in [0.2, 0.25) is 6.79 Å². The number of hydrogen-bond donors (Lipinski definition) is 2. The summed E-state index contributed by atoms with van der Waals surface area (Å²) < 4.78 is 10.8. The molecular formula is C20H26N2O3. The van der Waals surface area contributed by atoms with Crippen molar-refractivity contribution in [3.8, 4) is 11.5 Å². The van der Waals surface area contributed by atoms with Gasteiger partial charge in [0, 0.05) is 5.54 Å². The average Bonchev–Trinajstić information content (AvgIpc) is 3.00. The van der Waals surface area contributed by atoms with Gasteiger partial charge in [-0.3, -0.25) is 0 Å². The Balaban J connectivity index is 1.25. The smallest absolute Gasteiger partial charge is 0.315 e. The van der Waals surface area contributed by atoms with Crippen LogP contribution in [-0.2, 0) is 0 Å². The van der Waals surface area contributed by atoms with Crippen LogP contribution in [0.25, 0.3) is 0 Å². The van der Waals surface area contributed by atoms with Crippen LogP contribution in [0.2, 0.25) is 0 Å². The quantitative estimate of drug-likeness (QED) is 0.880. The van der Waals surface area contributed by atoms with Crippen LogP contribution in [0.15, 0.2) is 18.2 Å². The molecule has 5 aliphatic rings. The fourth-order valence-electron chi connectivity index (χ4n) is 6.00. The minimum absolute atomic E-state index is 0.0351. The molecule has 2 amide bonds. The molecule has 0 aromatic heterocycles. The van der Waals surface area contributed by atoms with E-state index in [4.69, 9.17) is 9.47 Å². The highest BCUT2D eigenvalue weighted by Crippen LogP contribution is 2.55. The third-order valence-corrected chi connectivity index (χ3v) is 6.66. The van der Waals surface area contributed by atoms with Crippen LogP contribution in [0.3, 0.4) is 0 Å². The molecule has 1 aromatic carbocycles. The van der Waals surface area contributed by atoms with Crippen molar-refractivity contribution in [1.29, 1.82) is 0 Å². The first-order chi connectivity index (χ1) is 12.1. The van der Waals surface area contributed by atoms with Gasteiger partial charge in [0.25, 0.3) is 0 Å². The van der Waals surface area contributed by atoms with Crippen molar-refractivity contribution in [2.75, 3.05) is 6.79 Å². The Morgan fingerprint density at radius 3 is 2.40 bits per heavy atom. The van der Waals surface area contributed by atoms with Crippen LogP contribution >= 0.6 is 0 Å². The third-order valence-electron chi connectivity index (χ3n) is 6.66. The first-order valence-electron chi connectivity index (χ1n) is 9.57. The maximum absolute atomic E-state index is 12.7. The number of hydrogen-bond acceptors (Lipinski definition) is 3. The molecule has 4 fully saturated rings. The molecule has 6 rings (SSSR count). The van der Waals surface area contributed by atoms with E-state index in [9.17, 15) is 4.79 Å². The molecule has 1 atom stereocenters. The lowest BCUT2D eigenvalue weighted by Gasteiger charge is -2.56. The van der Waals surface area contributed by atoms with Crippen molar-refractivity contribution >= 4 is 6.03 Å². The largest absolute Gasteiger partial charge is 0.454 e. The zero-order valence-corrected chi connectivity index (χ0v) is 14.7. The number of rotatable bonds is 3. The van der Waals surface area contributed by atoms with E-state index in [1.165, 1.54) is 38.5 Å². The van der Waals surface area contributed by atoms with E-state index in [0.29, 0.717) is 0 Å². The number of ether oxygens (including phenoxy) is 2. The van der Waals surface area contributed by atoms with Crippen molar-refractivity contribution in [3.05, 3.63) is 23.8 Å². The van der Waals surface area contributed by atoms with Crippen LogP contribution in [0.5, 0.6) is 11.5 Å². The Kier molecular flexibility index (Phi) is 3.41. The molecule has 4 aliphatic carbocycles. The summed E-state index contributed by atoms with van der Waals surface area (Å²) >= 11 is 0. The number of urea groups is 1. The first-order valence-corrected chi connectivity index (χ1v) is 9.57. The molecule has 0 spiro atoms. The molecule has 4 saturated carbocycles. The van der Waals surface area contributed by atoms with Crippen molar-refractivity contribution < 1.29 is 14.3 Å². The lowest BCUT2D eigenvalue weighted by atomic mass is 9.53. The predicted molar refractivity (Wildman–Crippen MR) is 93.6 cm³/mol. The summed E-state index contributed by atoms with van der Waals surface area (Å²) in [7, 11) is 0. The van der Waals surface area contributed by atoms with Gasteiger partial charge >= 0.3 is 6.03 Å². The highest BCUT2D eigenvalue weighted by molar-refractivity contribution is 5.75. The molecule has 1 heterocycles. The molecule has 4 bridgehead atoms. The fraction of sp³-hybridized carbons (Fsp3) is 0.650. The van der Waals surface area contributed by atoms with Gasteiger partial charge < -0.3 is 20.1 Å². The molecule has 0 saturated heterocycles. The Bertz CT molecular complexity index is 667. The Hall–Kier alpha value is -1.91. The summed E-state index contributed by atoms with van der Waals surface area (Å²) in [6.07, 6.45) is 7.67.